The van der Waals surface area contributed by atoms with Crippen LogP contribution in [0.1, 0.15) is 18.1 Å². The average Bonchev–Trinajstić information content (AvgIpc) is 2.59. The van der Waals surface area contributed by atoms with Gasteiger partial charge in [-0.05, 0) is 43.2 Å². The van der Waals surface area contributed by atoms with Gasteiger partial charge in [0, 0.05) is 12.1 Å². The van der Waals surface area contributed by atoms with E-state index in [4.69, 9.17) is 0 Å². The van der Waals surface area contributed by atoms with Gasteiger partial charge < -0.3 is 20.6 Å². The third kappa shape index (κ3) is 6.30. The van der Waals surface area contributed by atoms with E-state index in [2.05, 4.69) is 17.2 Å². The third-order valence-electron chi connectivity index (χ3n) is 3.62. The number of aromatic hydroxyl groups is 1. The molecule has 0 aromatic heterocycles. The molecule has 0 amide bonds. The molecule has 2 rings (SSSR count). The smallest absolute Gasteiger partial charge is 0.321 e. The topological polar surface area (TPSA) is 89.8 Å². The van der Waals surface area contributed by atoms with Gasteiger partial charge in [0.1, 0.15) is 17.4 Å². The molecule has 5 nitrogen and oxygen atoms in total. The summed E-state index contributed by atoms with van der Waals surface area (Å²) in [5.41, 5.74) is 0.188. The summed E-state index contributed by atoms with van der Waals surface area (Å²) in [6.45, 7) is 1.55. The highest BCUT2D eigenvalue weighted by Gasteiger charge is 2.23. The fourth-order valence-electron chi connectivity index (χ4n) is 2.21. The zero-order chi connectivity index (χ0) is 18.3. The number of benzene rings is 2. The molecule has 0 saturated carbocycles. The Morgan fingerprint density at radius 1 is 1.16 bits per heavy atom. The Bertz CT molecular complexity index is 758. The van der Waals surface area contributed by atoms with Crippen LogP contribution in [-0.2, 0) is 11.2 Å². The molecule has 5 heteroatoms. The van der Waals surface area contributed by atoms with Crippen molar-refractivity contribution in [2.24, 2.45) is 0 Å². The van der Waals surface area contributed by atoms with Crippen molar-refractivity contribution in [2.75, 3.05) is 6.54 Å². The molecule has 0 spiro atoms. The number of phenolic OH excluding ortho intramolecular Hbond substituents is 1. The third-order valence-corrected chi connectivity index (χ3v) is 3.62. The number of rotatable bonds is 6. The van der Waals surface area contributed by atoms with Crippen LogP contribution in [0, 0.1) is 11.8 Å². The van der Waals surface area contributed by atoms with E-state index in [1.165, 1.54) is 19.1 Å². The van der Waals surface area contributed by atoms with Crippen molar-refractivity contribution < 1.29 is 20.1 Å². The Kier molecular flexibility index (Phi) is 6.18. The van der Waals surface area contributed by atoms with Crippen LogP contribution in [0.4, 0.5) is 0 Å². The van der Waals surface area contributed by atoms with Crippen LogP contribution in [0.15, 0.2) is 54.6 Å². The summed E-state index contributed by atoms with van der Waals surface area (Å²) in [6, 6.07) is 14.7. The predicted molar refractivity (Wildman–Crippen MR) is 95.2 cm³/mol. The van der Waals surface area contributed by atoms with Crippen LogP contribution in [0.25, 0.3) is 0 Å². The van der Waals surface area contributed by atoms with Gasteiger partial charge in [-0.1, -0.05) is 42.2 Å². The van der Waals surface area contributed by atoms with Gasteiger partial charge in [0.15, 0.2) is 0 Å². The van der Waals surface area contributed by atoms with Gasteiger partial charge in [-0.25, -0.2) is 0 Å². The first-order valence-electron chi connectivity index (χ1n) is 7.90. The van der Waals surface area contributed by atoms with E-state index < -0.39 is 17.6 Å². The molecule has 2 aromatic rings. The van der Waals surface area contributed by atoms with Gasteiger partial charge in [-0.2, -0.15) is 0 Å². The second-order valence-electron chi connectivity index (χ2n) is 6.03. The van der Waals surface area contributed by atoms with Crippen LogP contribution in [-0.4, -0.2) is 39.5 Å². The molecule has 0 saturated heterocycles. The van der Waals surface area contributed by atoms with E-state index in [1.54, 1.807) is 12.1 Å². The summed E-state index contributed by atoms with van der Waals surface area (Å²) < 4.78 is 0. The highest BCUT2D eigenvalue weighted by atomic mass is 16.4. The molecule has 0 heterocycles. The quantitative estimate of drug-likeness (QED) is 0.603. The summed E-state index contributed by atoms with van der Waals surface area (Å²) >= 11 is 0. The van der Waals surface area contributed by atoms with Crippen molar-refractivity contribution in [3.63, 3.8) is 0 Å². The Labute approximate surface area is 147 Å². The number of aliphatic carboxylic acids is 1. The minimum atomic E-state index is -1.36. The first-order valence-corrected chi connectivity index (χ1v) is 7.90. The van der Waals surface area contributed by atoms with Gasteiger partial charge in [-0.15, -0.1) is 0 Å². The normalized spacial score (nSPS) is 14.0. The van der Waals surface area contributed by atoms with Crippen molar-refractivity contribution in [3.05, 3.63) is 65.7 Å². The van der Waals surface area contributed by atoms with Crippen molar-refractivity contribution in [3.8, 4) is 17.6 Å². The maximum Gasteiger partial charge on any atom is 0.321 e. The molecule has 2 aromatic carbocycles. The molecular formula is C20H21NO4. The van der Waals surface area contributed by atoms with Crippen LogP contribution in [0.5, 0.6) is 5.75 Å². The minimum Gasteiger partial charge on any atom is -0.508 e. The molecule has 2 atom stereocenters. The summed E-state index contributed by atoms with van der Waals surface area (Å²) in [7, 11) is 0. The van der Waals surface area contributed by atoms with Gasteiger partial charge in [0.25, 0.3) is 0 Å². The van der Waals surface area contributed by atoms with Gasteiger partial charge >= 0.3 is 5.97 Å². The number of hydrogen-bond acceptors (Lipinski definition) is 4. The predicted octanol–water partition coefficient (Wildman–Crippen LogP) is 1.78. The molecular weight excluding hydrogens is 318 g/mol. The van der Waals surface area contributed by atoms with Crippen molar-refractivity contribution in [2.45, 2.75) is 25.0 Å². The maximum absolute atomic E-state index is 11.4. The van der Waals surface area contributed by atoms with E-state index in [0.29, 0.717) is 0 Å². The highest BCUT2D eigenvalue weighted by molar-refractivity contribution is 5.74. The van der Waals surface area contributed by atoms with Crippen LogP contribution in [0.3, 0.4) is 0 Å². The Balaban J connectivity index is 1.98. The van der Waals surface area contributed by atoms with E-state index in [-0.39, 0.29) is 18.7 Å². The maximum atomic E-state index is 11.4. The molecule has 0 aliphatic heterocycles. The van der Waals surface area contributed by atoms with Crippen molar-refractivity contribution in [1.82, 2.24) is 5.32 Å². The molecule has 0 aliphatic carbocycles. The van der Waals surface area contributed by atoms with E-state index >= 15 is 0 Å². The lowest BCUT2D eigenvalue weighted by Gasteiger charge is -2.21. The largest absolute Gasteiger partial charge is 0.508 e. The molecule has 25 heavy (non-hydrogen) atoms. The lowest BCUT2D eigenvalue weighted by Crippen LogP contribution is -2.46. The molecule has 4 N–H and O–H groups in total. The number of aliphatic hydroxyl groups is 1. The second kappa shape index (κ2) is 8.34. The molecule has 0 unspecified atom stereocenters. The number of carbonyl (C=O) groups is 1. The van der Waals surface area contributed by atoms with Gasteiger partial charge in [0.2, 0.25) is 0 Å². The van der Waals surface area contributed by atoms with Gasteiger partial charge in [0.05, 0.1) is 0 Å². The zero-order valence-corrected chi connectivity index (χ0v) is 13.9. The summed E-state index contributed by atoms with van der Waals surface area (Å²) in [6.07, 6.45) is 0.234. The first kappa shape index (κ1) is 18.5. The molecule has 0 radical (unpaired) electrons. The van der Waals surface area contributed by atoms with Crippen LogP contribution >= 0.6 is 0 Å². The summed E-state index contributed by atoms with van der Waals surface area (Å²) in [5, 5.41) is 31.8. The molecule has 0 bridgehead atoms. The second-order valence-corrected chi connectivity index (χ2v) is 6.03. The van der Waals surface area contributed by atoms with Crippen molar-refractivity contribution >= 4 is 5.97 Å². The number of nitrogens with one attached hydrogen (secondary N) is 1. The fourth-order valence-corrected chi connectivity index (χ4v) is 2.21. The molecule has 0 fully saturated rings. The van der Waals surface area contributed by atoms with Gasteiger partial charge in [-0.3, -0.25) is 4.79 Å². The number of hydrogen-bond donors (Lipinski definition) is 4. The Hall–Kier alpha value is -2.81. The van der Waals surface area contributed by atoms with E-state index in [0.717, 1.165) is 11.1 Å². The standard InChI is InChI=1S/C20H21NO4/c1-20(25,12-11-15-5-3-2-4-6-15)14-21-18(19(23)24)13-16-7-9-17(22)10-8-16/h2-10,18,21-22,25H,13-14H2,1H3,(H,23,24)/t18-,20+/m0/s1. The lowest BCUT2D eigenvalue weighted by atomic mass is 10.0. The lowest BCUT2D eigenvalue weighted by molar-refractivity contribution is -0.139. The van der Waals surface area contributed by atoms with E-state index in [1.807, 2.05) is 30.3 Å². The SMILES string of the molecule is C[C@@](O)(C#Cc1ccccc1)CN[C@@H](Cc1ccc(O)cc1)C(=O)O. The Morgan fingerprint density at radius 2 is 1.80 bits per heavy atom. The highest BCUT2D eigenvalue weighted by Crippen LogP contribution is 2.12. The zero-order valence-electron chi connectivity index (χ0n) is 13.9. The van der Waals surface area contributed by atoms with Crippen LogP contribution in [0.2, 0.25) is 0 Å². The Morgan fingerprint density at radius 3 is 2.40 bits per heavy atom. The minimum absolute atomic E-state index is 0.0158. The number of phenols is 1. The molecule has 0 aliphatic rings. The molecule has 130 valence electrons. The number of carboxylic acid groups (broad SMARTS) is 1. The number of carboxylic acids is 1. The fraction of sp³-hybridized carbons (Fsp3) is 0.250. The monoisotopic (exact) mass is 339 g/mol. The first-order chi connectivity index (χ1) is 11.9. The van der Waals surface area contributed by atoms with Crippen LogP contribution < -0.4 is 5.32 Å². The average molecular weight is 339 g/mol. The van der Waals surface area contributed by atoms with E-state index in [9.17, 15) is 20.1 Å². The van der Waals surface area contributed by atoms with Crippen molar-refractivity contribution in [1.29, 1.82) is 0 Å². The summed E-state index contributed by atoms with van der Waals surface area (Å²) in [5.74, 6) is 4.75. The summed E-state index contributed by atoms with van der Waals surface area (Å²) in [4.78, 5) is 11.4.